The summed E-state index contributed by atoms with van der Waals surface area (Å²) in [5.74, 6) is -0.944. The number of rotatable bonds is 60. The van der Waals surface area contributed by atoms with Gasteiger partial charge >= 0.3 is 17.9 Å². The lowest BCUT2D eigenvalue weighted by Crippen LogP contribution is -2.30. The Kier molecular flexibility index (Phi) is 64.3. The molecule has 0 rings (SSSR count). The van der Waals surface area contributed by atoms with Crippen LogP contribution in [0, 0.1) is 0 Å². The quantitative estimate of drug-likeness (QED) is 0.0261. The smallest absolute Gasteiger partial charge is 0.306 e. The van der Waals surface area contributed by atoms with E-state index in [1.54, 1.807) is 0 Å². The van der Waals surface area contributed by atoms with Crippen molar-refractivity contribution in [2.75, 3.05) is 13.2 Å². The summed E-state index contributed by atoms with van der Waals surface area (Å²) in [6.45, 7) is 6.48. The Bertz CT molecular complexity index is 1720. The number of esters is 3. The predicted octanol–water partition coefficient (Wildman–Crippen LogP) is 23.3. The van der Waals surface area contributed by atoms with Gasteiger partial charge in [-0.1, -0.05) is 296 Å². The molecule has 0 aromatic heterocycles. The highest BCUT2D eigenvalue weighted by Crippen LogP contribution is 2.16. The van der Waals surface area contributed by atoms with E-state index >= 15 is 0 Å². The molecule has 6 nitrogen and oxygen atoms in total. The van der Waals surface area contributed by atoms with Crippen molar-refractivity contribution in [3.63, 3.8) is 0 Å². The fourth-order valence-electron chi connectivity index (χ4n) is 9.11. The molecule has 1 unspecified atom stereocenters. The van der Waals surface area contributed by atoms with Crippen molar-refractivity contribution in [3.8, 4) is 0 Å². The molecule has 0 N–H and O–H groups in total. The molecule has 0 aliphatic carbocycles. The second-order valence-electron chi connectivity index (χ2n) is 22.0. The van der Waals surface area contributed by atoms with E-state index in [1.807, 2.05) is 0 Å². The molecular formula is C75H124O6. The third-order valence-corrected chi connectivity index (χ3v) is 14.1. The highest BCUT2D eigenvalue weighted by atomic mass is 16.6. The van der Waals surface area contributed by atoms with Crippen molar-refractivity contribution in [1.82, 2.24) is 0 Å². The molecule has 0 fully saturated rings. The van der Waals surface area contributed by atoms with E-state index in [4.69, 9.17) is 14.2 Å². The molecule has 0 saturated carbocycles. The maximum absolute atomic E-state index is 12.9. The lowest BCUT2D eigenvalue weighted by atomic mass is 10.0. The highest BCUT2D eigenvalue weighted by molar-refractivity contribution is 5.71. The van der Waals surface area contributed by atoms with Crippen molar-refractivity contribution in [3.05, 3.63) is 134 Å². The first kappa shape index (κ1) is 76.5. The van der Waals surface area contributed by atoms with Gasteiger partial charge in [-0.2, -0.15) is 0 Å². The first-order valence-corrected chi connectivity index (χ1v) is 33.7. The van der Waals surface area contributed by atoms with Crippen LogP contribution in [0.1, 0.15) is 303 Å². The number of allylic oxidation sites excluding steroid dienone is 22. The molecule has 0 aliphatic heterocycles. The third kappa shape index (κ3) is 66.2. The van der Waals surface area contributed by atoms with Gasteiger partial charge in [0, 0.05) is 19.3 Å². The molecule has 0 aliphatic rings. The van der Waals surface area contributed by atoms with Gasteiger partial charge in [0.05, 0.1) is 0 Å². The number of unbranched alkanes of at least 4 members (excludes halogenated alkanes) is 27. The minimum absolute atomic E-state index is 0.0965. The number of carbonyl (C=O) groups excluding carboxylic acids is 3. The van der Waals surface area contributed by atoms with Gasteiger partial charge in [-0.25, -0.2) is 0 Å². The van der Waals surface area contributed by atoms with Crippen LogP contribution in [-0.4, -0.2) is 37.2 Å². The first-order valence-electron chi connectivity index (χ1n) is 33.7. The molecule has 0 radical (unpaired) electrons. The minimum Gasteiger partial charge on any atom is -0.462 e. The lowest BCUT2D eigenvalue weighted by molar-refractivity contribution is -0.167. The molecule has 460 valence electrons. The third-order valence-electron chi connectivity index (χ3n) is 14.1. The van der Waals surface area contributed by atoms with Gasteiger partial charge in [-0.15, -0.1) is 0 Å². The van der Waals surface area contributed by atoms with Crippen molar-refractivity contribution >= 4 is 17.9 Å². The molecule has 1 atom stereocenters. The summed E-state index contributed by atoms with van der Waals surface area (Å²) in [5, 5.41) is 0. The van der Waals surface area contributed by atoms with Crippen molar-refractivity contribution < 1.29 is 28.6 Å². The number of carbonyl (C=O) groups is 3. The molecule has 0 aromatic rings. The van der Waals surface area contributed by atoms with Crippen LogP contribution >= 0.6 is 0 Å². The van der Waals surface area contributed by atoms with Crippen LogP contribution in [0.2, 0.25) is 0 Å². The van der Waals surface area contributed by atoms with Crippen molar-refractivity contribution in [2.45, 2.75) is 309 Å². The normalized spacial score (nSPS) is 13.0. The molecule has 0 aromatic carbocycles. The predicted molar refractivity (Wildman–Crippen MR) is 353 cm³/mol. The summed E-state index contributed by atoms with van der Waals surface area (Å²) in [6.07, 6.45) is 96.1. The Morgan fingerprint density at radius 3 is 0.815 bits per heavy atom. The van der Waals surface area contributed by atoms with Crippen LogP contribution < -0.4 is 0 Å². The topological polar surface area (TPSA) is 78.9 Å². The Hall–Kier alpha value is -4.45. The fraction of sp³-hybridized carbons (Fsp3) is 0.667. The van der Waals surface area contributed by atoms with E-state index in [-0.39, 0.29) is 31.1 Å². The average molecular weight is 1120 g/mol. The Balaban J connectivity index is 4.36. The summed E-state index contributed by atoms with van der Waals surface area (Å²) in [7, 11) is 0. The van der Waals surface area contributed by atoms with E-state index in [0.29, 0.717) is 25.7 Å². The molecule has 0 saturated heterocycles. The summed E-state index contributed by atoms with van der Waals surface area (Å²) >= 11 is 0. The van der Waals surface area contributed by atoms with Crippen LogP contribution in [0.5, 0.6) is 0 Å². The first-order chi connectivity index (χ1) is 40.0. The van der Waals surface area contributed by atoms with E-state index in [9.17, 15) is 14.4 Å². The van der Waals surface area contributed by atoms with Gasteiger partial charge < -0.3 is 14.2 Å². The van der Waals surface area contributed by atoms with Crippen molar-refractivity contribution in [2.24, 2.45) is 0 Å². The maximum atomic E-state index is 12.9. The zero-order valence-electron chi connectivity index (χ0n) is 52.8. The standard InChI is InChI=1S/C75H124O6/c1-4-7-10-13-16-19-22-25-27-29-31-32-33-34-35-36-37-38-39-40-41-42-43-44-45-47-48-50-53-56-59-62-65-68-74(77)80-71-72(70-79-73(76)67-64-61-58-55-52-24-21-18-15-12-9-6-3)81-75(78)69-66-63-60-57-54-51-49-46-30-28-26-23-20-17-14-11-8-5-2/h7,10,16,18-19,21,25,27,31-32,34-35,37-38,40-41,43-44,47-48,53,56,72H,4-6,8-9,11-15,17,20,22-24,26,28-30,33,36,39,42,45-46,49-52,54-55,57-71H2,1-3H3/b10-7-,19-16-,21-18-,27-25-,32-31-,35-34-,38-37-,41-40-,44-43-,48-47-,56-53-. The van der Waals surface area contributed by atoms with E-state index < -0.39 is 6.10 Å². The monoisotopic (exact) mass is 1120 g/mol. The van der Waals surface area contributed by atoms with E-state index in [2.05, 4.69) is 154 Å². The summed E-state index contributed by atoms with van der Waals surface area (Å²) in [6, 6.07) is 0. The van der Waals surface area contributed by atoms with Crippen LogP contribution in [0.25, 0.3) is 0 Å². The molecule has 0 spiro atoms. The SMILES string of the molecule is CC/C=C\C/C=C\C/C=C\C/C=C\C/C=C\C/C=C\C/C=C\C/C=C\C/C=C\C/C=C\CCCCC(=O)OCC(COC(=O)CCCCCCC/C=C\CCCCC)OC(=O)CCCCCCCCCCCCCCCCCCCC. The van der Waals surface area contributed by atoms with Gasteiger partial charge in [0.15, 0.2) is 6.10 Å². The largest absolute Gasteiger partial charge is 0.462 e. The van der Waals surface area contributed by atoms with Crippen LogP contribution in [0.3, 0.4) is 0 Å². The maximum Gasteiger partial charge on any atom is 0.306 e. The second-order valence-corrected chi connectivity index (χ2v) is 22.0. The average Bonchev–Trinajstić information content (AvgIpc) is 3.47. The highest BCUT2D eigenvalue weighted by Gasteiger charge is 2.19. The van der Waals surface area contributed by atoms with Gasteiger partial charge in [-0.3, -0.25) is 14.4 Å². The Morgan fingerprint density at radius 2 is 0.481 bits per heavy atom. The van der Waals surface area contributed by atoms with Crippen LogP contribution in [-0.2, 0) is 28.6 Å². The number of hydrogen-bond acceptors (Lipinski definition) is 6. The van der Waals surface area contributed by atoms with Crippen molar-refractivity contribution in [1.29, 1.82) is 0 Å². The minimum atomic E-state index is -0.802. The zero-order valence-corrected chi connectivity index (χ0v) is 52.8. The van der Waals surface area contributed by atoms with Gasteiger partial charge in [0.25, 0.3) is 0 Å². The zero-order chi connectivity index (χ0) is 58.5. The molecule has 0 bridgehead atoms. The molecule has 81 heavy (non-hydrogen) atoms. The van der Waals surface area contributed by atoms with Gasteiger partial charge in [-0.05, 0) is 122 Å². The van der Waals surface area contributed by atoms with Gasteiger partial charge in [0.1, 0.15) is 13.2 Å². The second kappa shape index (κ2) is 68.1. The molecule has 0 heterocycles. The Labute approximate surface area is 500 Å². The van der Waals surface area contributed by atoms with E-state index in [0.717, 1.165) is 128 Å². The fourth-order valence-corrected chi connectivity index (χ4v) is 9.11. The molecule has 0 amide bonds. The Morgan fingerprint density at radius 1 is 0.259 bits per heavy atom. The number of ether oxygens (including phenoxy) is 3. The van der Waals surface area contributed by atoms with Crippen LogP contribution in [0.4, 0.5) is 0 Å². The lowest BCUT2D eigenvalue weighted by Gasteiger charge is -2.18. The summed E-state index contributed by atoms with van der Waals surface area (Å²) < 4.78 is 16.9. The van der Waals surface area contributed by atoms with E-state index in [1.165, 1.54) is 128 Å². The molecule has 6 heteroatoms. The summed E-state index contributed by atoms with van der Waals surface area (Å²) in [5.41, 5.74) is 0. The van der Waals surface area contributed by atoms with Gasteiger partial charge in [0.2, 0.25) is 0 Å². The van der Waals surface area contributed by atoms with Crippen LogP contribution in [0.15, 0.2) is 134 Å². The molecular weight excluding hydrogens is 997 g/mol. The summed E-state index contributed by atoms with van der Waals surface area (Å²) in [4.78, 5) is 38.3. The number of hydrogen-bond donors (Lipinski definition) is 0.